The fourth-order valence-corrected chi connectivity index (χ4v) is 4.82. The number of benzene rings is 1. The van der Waals surface area contributed by atoms with Crippen molar-refractivity contribution < 1.29 is 4.79 Å². The predicted molar refractivity (Wildman–Crippen MR) is 115 cm³/mol. The van der Waals surface area contributed by atoms with E-state index < -0.39 is 0 Å². The van der Waals surface area contributed by atoms with E-state index >= 15 is 0 Å². The quantitative estimate of drug-likeness (QED) is 0.548. The standard InChI is InChI=1S/C23H30N2OS/c1-4-5-6-7-18-8-10-19(11-9-18)20-12-13-24-14-21(20)23-25(15-17(2)3)22(26)16-27-23/h8-14,17,23H,4-7,15-16H2,1-3H3. The highest BCUT2D eigenvalue weighted by Crippen LogP contribution is 2.42. The van der Waals surface area contributed by atoms with Crippen LogP contribution in [-0.2, 0) is 11.2 Å². The molecule has 1 fully saturated rings. The summed E-state index contributed by atoms with van der Waals surface area (Å²) >= 11 is 1.72. The maximum atomic E-state index is 12.4. The van der Waals surface area contributed by atoms with Gasteiger partial charge in [-0.3, -0.25) is 9.78 Å². The monoisotopic (exact) mass is 382 g/mol. The molecular formula is C23H30N2OS. The van der Waals surface area contributed by atoms with Gasteiger partial charge in [-0.15, -0.1) is 11.8 Å². The second kappa shape index (κ2) is 9.41. The number of hydrogen-bond acceptors (Lipinski definition) is 3. The maximum Gasteiger partial charge on any atom is 0.233 e. The topological polar surface area (TPSA) is 33.2 Å². The zero-order valence-electron chi connectivity index (χ0n) is 16.6. The first kappa shape index (κ1) is 19.9. The highest BCUT2D eigenvalue weighted by atomic mass is 32.2. The molecular weight excluding hydrogens is 352 g/mol. The molecule has 0 spiro atoms. The van der Waals surface area contributed by atoms with E-state index in [-0.39, 0.29) is 11.3 Å². The molecule has 1 atom stereocenters. The third-order valence-electron chi connectivity index (χ3n) is 4.98. The van der Waals surface area contributed by atoms with E-state index in [1.807, 2.05) is 17.3 Å². The van der Waals surface area contributed by atoms with Crippen LogP contribution >= 0.6 is 11.8 Å². The molecule has 1 amide bonds. The maximum absolute atomic E-state index is 12.4. The summed E-state index contributed by atoms with van der Waals surface area (Å²) in [7, 11) is 0. The summed E-state index contributed by atoms with van der Waals surface area (Å²) in [4.78, 5) is 18.8. The summed E-state index contributed by atoms with van der Waals surface area (Å²) in [5, 5.41) is 0.0628. The minimum Gasteiger partial charge on any atom is -0.325 e. The second-order valence-electron chi connectivity index (χ2n) is 7.72. The summed E-state index contributed by atoms with van der Waals surface area (Å²) in [6.45, 7) is 7.35. The summed E-state index contributed by atoms with van der Waals surface area (Å²) in [5.41, 5.74) is 4.93. The number of rotatable bonds is 8. The Morgan fingerprint density at radius 2 is 1.96 bits per heavy atom. The third kappa shape index (κ3) is 4.92. The average molecular weight is 383 g/mol. The number of unbranched alkanes of at least 4 members (excludes halogenated alkanes) is 2. The first-order valence-electron chi connectivity index (χ1n) is 10.0. The number of nitrogens with zero attached hydrogens (tertiary/aromatic N) is 2. The normalized spacial score (nSPS) is 17.1. The number of amides is 1. The Labute approximate surface area is 167 Å². The van der Waals surface area contributed by atoms with Crippen molar-refractivity contribution in [3.05, 3.63) is 53.9 Å². The van der Waals surface area contributed by atoms with Gasteiger partial charge in [0.1, 0.15) is 5.37 Å². The number of carbonyl (C=O) groups is 1. The van der Waals surface area contributed by atoms with Gasteiger partial charge in [0, 0.05) is 24.5 Å². The Morgan fingerprint density at radius 3 is 2.67 bits per heavy atom. The van der Waals surface area contributed by atoms with Gasteiger partial charge >= 0.3 is 0 Å². The van der Waals surface area contributed by atoms with Crippen LogP contribution in [0.15, 0.2) is 42.7 Å². The molecule has 4 heteroatoms. The minimum absolute atomic E-state index is 0.0628. The van der Waals surface area contributed by atoms with Gasteiger partial charge in [-0.25, -0.2) is 0 Å². The molecule has 0 N–H and O–H groups in total. The number of aromatic nitrogens is 1. The molecule has 0 bridgehead atoms. The van der Waals surface area contributed by atoms with Gasteiger partial charge in [-0.05, 0) is 41.5 Å². The predicted octanol–water partition coefficient (Wildman–Crippen LogP) is 5.71. The van der Waals surface area contributed by atoms with Crippen molar-refractivity contribution >= 4 is 17.7 Å². The van der Waals surface area contributed by atoms with Crippen molar-refractivity contribution in [2.45, 2.75) is 51.8 Å². The molecule has 27 heavy (non-hydrogen) atoms. The lowest BCUT2D eigenvalue weighted by Gasteiger charge is -2.27. The van der Waals surface area contributed by atoms with Gasteiger partial charge in [0.15, 0.2) is 0 Å². The SMILES string of the molecule is CCCCCc1ccc(-c2ccncc2C2SCC(=O)N2CC(C)C)cc1. The first-order chi connectivity index (χ1) is 13.1. The van der Waals surface area contributed by atoms with Crippen LogP contribution in [0.3, 0.4) is 0 Å². The Morgan fingerprint density at radius 1 is 1.19 bits per heavy atom. The lowest BCUT2D eigenvalue weighted by Crippen LogP contribution is -2.31. The van der Waals surface area contributed by atoms with Crippen molar-refractivity contribution in [1.82, 2.24) is 9.88 Å². The number of aryl methyl sites for hydroxylation is 1. The van der Waals surface area contributed by atoms with Crippen LogP contribution in [0.2, 0.25) is 0 Å². The number of pyridine rings is 1. The zero-order valence-corrected chi connectivity index (χ0v) is 17.5. The van der Waals surface area contributed by atoms with Crippen molar-refractivity contribution in [1.29, 1.82) is 0 Å². The Kier molecular flexibility index (Phi) is 6.95. The highest BCUT2D eigenvalue weighted by Gasteiger charge is 2.34. The highest BCUT2D eigenvalue weighted by molar-refractivity contribution is 8.00. The number of carbonyl (C=O) groups excluding carboxylic acids is 1. The summed E-state index contributed by atoms with van der Waals surface area (Å²) in [6, 6.07) is 11.0. The Hall–Kier alpha value is -1.81. The van der Waals surface area contributed by atoms with E-state index in [9.17, 15) is 4.79 Å². The molecule has 2 aromatic rings. The number of thioether (sulfide) groups is 1. The number of hydrogen-bond donors (Lipinski definition) is 0. The van der Waals surface area contributed by atoms with Gasteiger partial charge in [-0.2, -0.15) is 0 Å². The van der Waals surface area contributed by atoms with Crippen LogP contribution in [0.4, 0.5) is 0 Å². The van der Waals surface area contributed by atoms with E-state index in [1.54, 1.807) is 11.8 Å². The zero-order chi connectivity index (χ0) is 19.2. The lowest BCUT2D eigenvalue weighted by molar-refractivity contribution is -0.128. The first-order valence-corrected chi connectivity index (χ1v) is 11.1. The molecule has 1 aromatic heterocycles. The van der Waals surface area contributed by atoms with E-state index in [0.29, 0.717) is 11.7 Å². The fourth-order valence-electron chi connectivity index (χ4n) is 3.60. The van der Waals surface area contributed by atoms with Gasteiger partial charge in [-0.1, -0.05) is 57.9 Å². The van der Waals surface area contributed by atoms with Crippen molar-refractivity contribution in [3.8, 4) is 11.1 Å². The van der Waals surface area contributed by atoms with Crippen molar-refractivity contribution in [2.24, 2.45) is 5.92 Å². The molecule has 2 heterocycles. The molecule has 144 valence electrons. The van der Waals surface area contributed by atoms with Crippen molar-refractivity contribution in [3.63, 3.8) is 0 Å². The van der Waals surface area contributed by atoms with Gasteiger partial charge < -0.3 is 4.90 Å². The molecule has 0 aliphatic carbocycles. The molecule has 1 unspecified atom stereocenters. The van der Waals surface area contributed by atoms with Gasteiger partial charge in [0.2, 0.25) is 5.91 Å². The third-order valence-corrected chi connectivity index (χ3v) is 6.22. The molecule has 1 saturated heterocycles. The van der Waals surface area contributed by atoms with Crippen LogP contribution in [0.1, 0.15) is 56.5 Å². The Bertz CT molecular complexity index is 757. The van der Waals surface area contributed by atoms with Gasteiger partial charge in [0.05, 0.1) is 5.75 Å². The molecule has 1 aliphatic rings. The molecule has 1 aliphatic heterocycles. The van der Waals surface area contributed by atoms with E-state index in [1.165, 1.54) is 36.0 Å². The molecule has 3 nitrogen and oxygen atoms in total. The van der Waals surface area contributed by atoms with E-state index in [2.05, 4.69) is 56.1 Å². The van der Waals surface area contributed by atoms with Crippen molar-refractivity contribution in [2.75, 3.05) is 12.3 Å². The molecule has 0 radical (unpaired) electrons. The molecule has 1 aromatic carbocycles. The van der Waals surface area contributed by atoms with Gasteiger partial charge in [0.25, 0.3) is 0 Å². The smallest absolute Gasteiger partial charge is 0.233 e. The van der Waals surface area contributed by atoms with E-state index in [0.717, 1.165) is 18.5 Å². The average Bonchev–Trinajstić information content (AvgIpc) is 3.02. The van der Waals surface area contributed by atoms with Crippen LogP contribution in [0.5, 0.6) is 0 Å². The largest absolute Gasteiger partial charge is 0.325 e. The van der Waals surface area contributed by atoms with Crippen LogP contribution in [0, 0.1) is 5.92 Å². The van der Waals surface area contributed by atoms with Crippen LogP contribution < -0.4 is 0 Å². The van der Waals surface area contributed by atoms with Crippen LogP contribution in [0.25, 0.3) is 11.1 Å². The van der Waals surface area contributed by atoms with E-state index in [4.69, 9.17) is 0 Å². The van der Waals surface area contributed by atoms with Crippen LogP contribution in [-0.4, -0.2) is 28.1 Å². The lowest BCUT2D eigenvalue weighted by atomic mass is 9.98. The summed E-state index contributed by atoms with van der Waals surface area (Å²) in [6.07, 6.45) is 8.72. The Balaban J connectivity index is 1.84. The fraction of sp³-hybridized carbons (Fsp3) is 0.478. The minimum atomic E-state index is 0.0628. The summed E-state index contributed by atoms with van der Waals surface area (Å²) < 4.78 is 0. The molecule has 3 rings (SSSR count). The second-order valence-corrected chi connectivity index (χ2v) is 8.79. The summed E-state index contributed by atoms with van der Waals surface area (Å²) in [5.74, 6) is 1.25. The molecule has 0 saturated carbocycles.